The molecule has 0 spiro atoms. The van der Waals surface area contributed by atoms with E-state index in [0.29, 0.717) is 0 Å². The predicted octanol–water partition coefficient (Wildman–Crippen LogP) is 4.87. The lowest BCUT2D eigenvalue weighted by molar-refractivity contribution is 0.396. The van der Waals surface area contributed by atoms with Gasteiger partial charge in [0.05, 0.1) is 7.11 Å². The molecular formula is C17H20BrNO. The molecule has 0 fully saturated rings. The molecule has 2 unspecified atom stereocenters. The minimum Gasteiger partial charge on any atom is -0.496 e. The summed E-state index contributed by atoms with van der Waals surface area (Å²) in [4.78, 5) is 0. The van der Waals surface area contributed by atoms with Crippen molar-refractivity contribution in [2.45, 2.75) is 25.9 Å². The Labute approximate surface area is 129 Å². The maximum Gasteiger partial charge on any atom is 0.123 e. The van der Waals surface area contributed by atoms with Crippen LogP contribution < -0.4 is 10.1 Å². The van der Waals surface area contributed by atoms with E-state index in [1.54, 1.807) is 7.11 Å². The first-order valence-corrected chi connectivity index (χ1v) is 7.55. The summed E-state index contributed by atoms with van der Waals surface area (Å²) in [6.45, 7) is 4.34. The quantitative estimate of drug-likeness (QED) is 0.842. The third-order valence-electron chi connectivity index (χ3n) is 3.48. The summed E-state index contributed by atoms with van der Waals surface area (Å²) in [5.74, 6) is 0.926. The minimum atomic E-state index is 0.227. The number of hydrogen-bond acceptors (Lipinski definition) is 2. The standard InChI is InChI=1S/C17H20BrNO/c1-12(14-8-10-15(18)11-9-14)19-13(2)16-6-4-5-7-17(16)20-3/h4-13,19H,1-3H3. The maximum absolute atomic E-state index is 5.42. The summed E-state index contributed by atoms with van der Waals surface area (Å²) in [5.41, 5.74) is 2.45. The molecule has 0 heterocycles. The molecule has 2 rings (SSSR count). The number of ether oxygens (including phenoxy) is 1. The second kappa shape index (κ2) is 6.91. The van der Waals surface area contributed by atoms with Crippen molar-refractivity contribution in [3.05, 3.63) is 64.1 Å². The molecule has 2 nitrogen and oxygen atoms in total. The summed E-state index contributed by atoms with van der Waals surface area (Å²) < 4.78 is 6.53. The lowest BCUT2D eigenvalue weighted by atomic mass is 10.0. The first-order chi connectivity index (χ1) is 9.61. The highest BCUT2D eigenvalue weighted by molar-refractivity contribution is 9.10. The predicted molar refractivity (Wildman–Crippen MR) is 87.1 cm³/mol. The van der Waals surface area contributed by atoms with Crippen LogP contribution >= 0.6 is 15.9 Å². The van der Waals surface area contributed by atoms with E-state index >= 15 is 0 Å². The first-order valence-electron chi connectivity index (χ1n) is 6.76. The normalized spacial score (nSPS) is 13.8. The molecule has 2 atom stereocenters. The number of para-hydroxylation sites is 1. The van der Waals surface area contributed by atoms with Crippen molar-refractivity contribution in [2.24, 2.45) is 0 Å². The van der Waals surface area contributed by atoms with Crippen molar-refractivity contribution in [1.82, 2.24) is 5.32 Å². The molecule has 0 radical (unpaired) electrons. The van der Waals surface area contributed by atoms with Gasteiger partial charge in [0, 0.05) is 22.1 Å². The van der Waals surface area contributed by atoms with E-state index < -0.39 is 0 Å². The van der Waals surface area contributed by atoms with Gasteiger partial charge in [0.1, 0.15) is 5.75 Å². The summed E-state index contributed by atoms with van der Waals surface area (Å²) >= 11 is 3.46. The van der Waals surface area contributed by atoms with Crippen LogP contribution in [0.4, 0.5) is 0 Å². The van der Waals surface area contributed by atoms with Crippen LogP contribution in [0.25, 0.3) is 0 Å². The molecule has 0 saturated heterocycles. The van der Waals surface area contributed by atoms with Crippen molar-refractivity contribution in [1.29, 1.82) is 0 Å². The van der Waals surface area contributed by atoms with Crippen molar-refractivity contribution < 1.29 is 4.74 Å². The average Bonchev–Trinajstić information content (AvgIpc) is 2.47. The highest BCUT2D eigenvalue weighted by Crippen LogP contribution is 2.27. The maximum atomic E-state index is 5.42. The number of rotatable bonds is 5. The smallest absolute Gasteiger partial charge is 0.123 e. The topological polar surface area (TPSA) is 21.3 Å². The molecule has 2 aromatic carbocycles. The Morgan fingerprint density at radius 1 is 0.950 bits per heavy atom. The number of halogens is 1. The lowest BCUT2D eigenvalue weighted by Crippen LogP contribution is -2.22. The SMILES string of the molecule is COc1ccccc1C(C)NC(C)c1ccc(Br)cc1. The summed E-state index contributed by atoms with van der Waals surface area (Å²) in [6.07, 6.45) is 0. The number of hydrogen-bond donors (Lipinski definition) is 1. The van der Waals surface area contributed by atoms with Crippen LogP contribution in [0.1, 0.15) is 37.1 Å². The van der Waals surface area contributed by atoms with Crippen LogP contribution in [-0.4, -0.2) is 7.11 Å². The van der Waals surface area contributed by atoms with Crippen molar-refractivity contribution >= 4 is 15.9 Å². The fourth-order valence-corrected chi connectivity index (χ4v) is 2.60. The molecule has 1 N–H and O–H groups in total. The van der Waals surface area contributed by atoms with Gasteiger partial charge in [0.25, 0.3) is 0 Å². The molecule has 0 amide bonds. The van der Waals surface area contributed by atoms with Crippen LogP contribution in [0.5, 0.6) is 5.75 Å². The largest absolute Gasteiger partial charge is 0.496 e. The fourth-order valence-electron chi connectivity index (χ4n) is 2.34. The second-order valence-electron chi connectivity index (χ2n) is 4.90. The summed E-state index contributed by atoms with van der Waals surface area (Å²) in [7, 11) is 1.71. The molecule has 0 bridgehead atoms. The summed E-state index contributed by atoms with van der Waals surface area (Å²) in [6, 6.07) is 17.1. The Morgan fingerprint density at radius 2 is 1.60 bits per heavy atom. The van der Waals surface area contributed by atoms with Gasteiger partial charge in [-0.05, 0) is 37.6 Å². The van der Waals surface area contributed by atoms with Crippen molar-refractivity contribution in [3.63, 3.8) is 0 Å². The van der Waals surface area contributed by atoms with Gasteiger partial charge in [0.2, 0.25) is 0 Å². The Hall–Kier alpha value is -1.32. The zero-order valence-electron chi connectivity index (χ0n) is 12.1. The molecule has 0 aliphatic heterocycles. The van der Waals surface area contributed by atoms with Crippen LogP contribution in [0.3, 0.4) is 0 Å². The van der Waals surface area contributed by atoms with E-state index in [9.17, 15) is 0 Å². The van der Waals surface area contributed by atoms with Crippen molar-refractivity contribution in [2.75, 3.05) is 7.11 Å². The van der Waals surface area contributed by atoms with Gasteiger partial charge < -0.3 is 10.1 Å². The molecular weight excluding hydrogens is 314 g/mol. The molecule has 0 aromatic heterocycles. The fraction of sp³-hybridized carbons (Fsp3) is 0.294. The zero-order valence-corrected chi connectivity index (χ0v) is 13.6. The third kappa shape index (κ3) is 3.62. The molecule has 20 heavy (non-hydrogen) atoms. The van der Waals surface area contributed by atoms with Gasteiger partial charge in [-0.15, -0.1) is 0 Å². The second-order valence-corrected chi connectivity index (χ2v) is 5.82. The van der Waals surface area contributed by atoms with Crippen molar-refractivity contribution in [3.8, 4) is 5.75 Å². The molecule has 0 aliphatic rings. The number of nitrogens with one attached hydrogen (secondary N) is 1. The van der Waals surface area contributed by atoms with Gasteiger partial charge in [-0.3, -0.25) is 0 Å². The highest BCUT2D eigenvalue weighted by atomic mass is 79.9. The Balaban J connectivity index is 2.10. The monoisotopic (exact) mass is 333 g/mol. The zero-order chi connectivity index (χ0) is 14.5. The van der Waals surface area contributed by atoms with Crippen LogP contribution in [-0.2, 0) is 0 Å². The van der Waals surface area contributed by atoms with Gasteiger partial charge in [0.15, 0.2) is 0 Å². The molecule has 0 aliphatic carbocycles. The first kappa shape index (κ1) is 15.1. The van der Waals surface area contributed by atoms with Crippen LogP contribution in [0.2, 0.25) is 0 Å². The lowest BCUT2D eigenvalue weighted by Gasteiger charge is -2.22. The summed E-state index contributed by atoms with van der Waals surface area (Å²) in [5, 5.41) is 3.61. The van der Waals surface area contributed by atoms with Crippen LogP contribution in [0.15, 0.2) is 53.0 Å². The van der Waals surface area contributed by atoms with E-state index in [2.05, 4.69) is 65.4 Å². The van der Waals surface area contributed by atoms with Gasteiger partial charge >= 0.3 is 0 Å². The Morgan fingerprint density at radius 3 is 2.25 bits per heavy atom. The van der Waals surface area contributed by atoms with E-state index in [1.165, 1.54) is 11.1 Å². The molecule has 106 valence electrons. The van der Waals surface area contributed by atoms with Gasteiger partial charge in [-0.25, -0.2) is 0 Å². The van der Waals surface area contributed by atoms with Gasteiger partial charge in [-0.1, -0.05) is 46.3 Å². The molecule has 2 aromatic rings. The van der Waals surface area contributed by atoms with E-state index in [1.807, 2.05) is 18.2 Å². The average molecular weight is 334 g/mol. The highest BCUT2D eigenvalue weighted by Gasteiger charge is 2.14. The van der Waals surface area contributed by atoms with E-state index in [0.717, 1.165) is 10.2 Å². The Kier molecular flexibility index (Phi) is 5.21. The minimum absolute atomic E-state index is 0.227. The van der Waals surface area contributed by atoms with Gasteiger partial charge in [-0.2, -0.15) is 0 Å². The Bertz CT molecular complexity index is 553. The number of methoxy groups -OCH3 is 1. The van der Waals surface area contributed by atoms with Crippen LogP contribution in [0, 0.1) is 0 Å². The number of benzene rings is 2. The molecule has 0 saturated carbocycles. The van der Waals surface area contributed by atoms with E-state index in [4.69, 9.17) is 4.74 Å². The molecule has 3 heteroatoms. The van der Waals surface area contributed by atoms with E-state index in [-0.39, 0.29) is 12.1 Å². The third-order valence-corrected chi connectivity index (χ3v) is 4.00.